The van der Waals surface area contributed by atoms with Gasteiger partial charge in [-0.05, 0) is 49.9 Å². The summed E-state index contributed by atoms with van der Waals surface area (Å²) in [7, 11) is 0. The average Bonchev–Trinajstić information content (AvgIpc) is 3.09. The molecule has 4 rings (SSSR count). The molecule has 5 nitrogen and oxygen atoms in total. The van der Waals surface area contributed by atoms with Crippen molar-refractivity contribution in [3.63, 3.8) is 0 Å². The van der Waals surface area contributed by atoms with Crippen LogP contribution in [-0.2, 0) is 0 Å². The summed E-state index contributed by atoms with van der Waals surface area (Å²) in [5.74, 6) is 1.55. The molecule has 2 saturated heterocycles. The number of hydrogen-bond acceptors (Lipinski definition) is 3. The Balaban J connectivity index is 1.54. The molecule has 1 N–H and O–H groups in total. The van der Waals surface area contributed by atoms with Crippen LogP contribution in [0, 0.1) is 11.8 Å². The Bertz CT molecular complexity index is 618. The van der Waals surface area contributed by atoms with E-state index in [0.717, 1.165) is 56.5 Å². The number of nitrogens with one attached hydrogen (secondary N) is 1. The Morgan fingerprint density at radius 1 is 1.19 bits per heavy atom. The van der Waals surface area contributed by atoms with Crippen LogP contribution in [0.4, 0.5) is 0 Å². The minimum absolute atomic E-state index is 0.0756. The molecule has 2 aliphatic rings. The minimum atomic E-state index is 0.0756. The zero-order valence-corrected chi connectivity index (χ0v) is 12.0. The molecule has 21 heavy (non-hydrogen) atoms. The first-order valence-corrected chi connectivity index (χ1v) is 7.75. The number of amides is 1. The highest BCUT2D eigenvalue weighted by Crippen LogP contribution is 2.27. The number of hydrogen-bond donors (Lipinski definition) is 1. The summed E-state index contributed by atoms with van der Waals surface area (Å²) in [6, 6.07) is 5.81. The molecule has 0 bridgehead atoms. The van der Waals surface area contributed by atoms with E-state index >= 15 is 0 Å². The molecule has 0 spiro atoms. The smallest absolute Gasteiger partial charge is 0.274 e. The number of rotatable bonds is 1. The summed E-state index contributed by atoms with van der Waals surface area (Å²) in [5, 5.41) is 3.47. The second kappa shape index (κ2) is 5.15. The summed E-state index contributed by atoms with van der Waals surface area (Å²) >= 11 is 0. The molecule has 2 fully saturated rings. The van der Waals surface area contributed by atoms with E-state index in [2.05, 4.69) is 10.3 Å². The van der Waals surface area contributed by atoms with E-state index in [9.17, 15) is 4.79 Å². The zero-order valence-electron chi connectivity index (χ0n) is 12.0. The Morgan fingerprint density at radius 3 is 2.67 bits per heavy atom. The van der Waals surface area contributed by atoms with Gasteiger partial charge in [-0.25, -0.2) is 4.98 Å². The van der Waals surface area contributed by atoms with E-state index in [1.54, 1.807) is 0 Å². The van der Waals surface area contributed by atoms with Gasteiger partial charge in [-0.3, -0.25) is 4.79 Å². The second-order valence-electron chi connectivity index (χ2n) is 6.14. The molecule has 2 atom stereocenters. The van der Waals surface area contributed by atoms with Gasteiger partial charge >= 0.3 is 0 Å². The lowest BCUT2D eigenvalue weighted by Gasteiger charge is -2.19. The largest absolute Gasteiger partial charge is 0.337 e. The van der Waals surface area contributed by atoms with Gasteiger partial charge in [0.25, 0.3) is 5.91 Å². The number of imidazole rings is 1. The minimum Gasteiger partial charge on any atom is -0.337 e. The van der Waals surface area contributed by atoms with Crippen molar-refractivity contribution in [1.82, 2.24) is 19.6 Å². The molecule has 0 radical (unpaired) electrons. The lowest BCUT2D eigenvalue weighted by molar-refractivity contribution is 0.0753. The van der Waals surface area contributed by atoms with Gasteiger partial charge in [0, 0.05) is 25.5 Å². The molecule has 2 aromatic rings. The molecule has 5 heteroatoms. The van der Waals surface area contributed by atoms with E-state index in [1.165, 1.54) is 0 Å². The number of carbonyl (C=O) groups excluding carboxylic acids is 1. The third-order valence-electron chi connectivity index (χ3n) is 4.89. The van der Waals surface area contributed by atoms with E-state index in [1.807, 2.05) is 39.9 Å². The van der Waals surface area contributed by atoms with Crippen molar-refractivity contribution < 1.29 is 4.79 Å². The number of aromatic nitrogens is 2. The monoisotopic (exact) mass is 284 g/mol. The van der Waals surface area contributed by atoms with E-state index in [0.29, 0.717) is 5.69 Å². The van der Waals surface area contributed by atoms with Gasteiger partial charge in [-0.15, -0.1) is 0 Å². The van der Waals surface area contributed by atoms with Crippen LogP contribution in [0.25, 0.3) is 5.65 Å². The van der Waals surface area contributed by atoms with Gasteiger partial charge in [-0.1, -0.05) is 6.07 Å². The summed E-state index contributed by atoms with van der Waals surface area (Å²) in [4.78, 5) is 19.1. The van der Waals surface area contributed by atoms with Crippen molar-refractivity contribution in [2.45, 2.75) is 12.8 Å². The Hall–Kier alpha value is -1.88. The molecule has 4 heterocycles. The normalized spacial score (nSPS) is 25.8. The predicted octanol–water partition coefficient (Wildman–Crippen LogP) is 1.41. The fraction of sp³-hybridized carbons (Fsp3) is 0.500. The summed E-state index contributed by atoms with van der Waals surface area (Å²) < 4.78 is 1.91. The standard InChI is InChI=1S/C16H20N4O/c21-16(14-11-20-6-2-1-3-15(20)18-14)19-7-4-12-9-17-10-13(12)5-8-19/h1-3,6,11-13,17H,4-5,7-10H2/t12-,13+. The van der Waals surface area contributed by atoms with Crippen LogP contribution in [0.3, 0.4) is 0 Å². The van der Waals surface area contributed by atoms with Crippen LogP contribution in [0.5, 0.6) is 0 Å². The quantitative estimate of drug-likeness (QED) is 0.861. The first kappa shape index (κ1) is 12.8. The second-order valence-corrected chi connectivity index (χ2v) is 6.14. The van der Waals surface area contributed by atoms with Crippen molar-refractivity contribution in [3.8, 4) is 0 Å². The molecule has 0 saturated carbocycles. The molecule has 0 aliphatic carbocycles. The van der Waals surface area contributed by atoms with Gasteiger partial charge < -0.3 is 14.6 Å². The van der Waals surface area contributed by atoms with Crippen LogP contribution in [0.2, 0.25) is 0 Å². The van der Waals surface area contributed by atoms with Crippen LogP contribution in [0.1, 0.15) is 23.3 Å². The Labute approximate surface area is 124 Å². The van der Waals surface area contributed by atoms with Crippen LogP contribution in [0.15, 0.2) is 30.6 Å². The molecule has 0 unspecified atom stereocenters. The van der Waals surface area contributed by atoms with Gasteiger partial charge in [0.15, 0.2) is 0 Å². The van der Waals surface area contributed by atoms with Crippen molar-refractivity contribution in [2.24, 2.45) is 11.8 Å². The van der Waals surface area contributed by atoms with Crippen molar-refractivity contribution in [3.05, 3.63) is 36.3 Å². The Morgan fingerprint density at radius 2 is 1.95 bits per heavy atom. The van der Waals surface area contributed by atoms with E-state index in [-0.39, 0.29) is 5.91 Å². The third kappa shape index (κ3) is 2.31. The number of pyridine rings is 1. The lowest BCUT2D eigenvalue weighted by Crippen LogP contribution is -2.33. The number of nitrogens with zero attached hydrogens (tertiary/aromatic N) is 3. The molecule has 1 amide bonds. The third-order valence-corrected chi connectivity index (χ3v) is 4.89. The number of likely N-dealkylation sites (tertiary alicyclic amines) is 1. The number of fused-ring (bicyclic) bond motifs is 2. The van der Waals surface area contributed by atoms with Crippen molar-refractivity contribution in [1.29, 1.82) is 0 Å². The highest BCUT2D eigenvalue weighted by molar-refractivity contribution is 5.92. The highest BCUT2D eigenvalue weighted by Gasteiger charge is 2.32. The van der Waals surface area contributed by atoms with Gasteiger partial charge in [-0.2, -0.15) is 0 Å². The average molecular weight is 284 g/mol. The van der Waals surface area contributed by atoms with Crippen molar-refractivity contribution in [2.75, 3.05) is 26.2 Å². The predicted molar refractivity (Wildman–Crippen MR) is 80.2 cm³/mol. The maximum absolute atomic E-state index is 12.7. The molecular formula is C16H20N4O. The van der Waals surface area contributed by atoms with Gasteiger partial charge in [0.1, 0.15) is 11.3 Å². The zero-order chi connectivity index (χ0) is 14.2. The molecule has 2 aliphatic heterocycles. The van der Waals surface area contributed by atoms with Gasteiger partial charge in [0.2, 0.25) is 0 Å². The topological polar surface area (TPSA) is 49.6 Å². The van der Waals surface area contributed by atoms with Crippen molar-refractivity contribution >= 4 is 11.6 Å². The summed E-state index contributed by atoms with van der Waals surface area (Å²) in [6.45, 7) is 3.94. The maximum Gasteiger partial charge on any atom is 0.274 e. The molecule has 0 aromatic carbocycles. The first-order chi connectivity index (χ1) is 10.3. The fourth-order valence-corrected chi connectivity index (χ4v) is 3.62. The molecule has 2 aromatic heterocycles. The molecule has 110 valence electrons. The summed E-state index contributed by atoms with van der Waals surface area (Å²) in [6.07, 6.45) is 5.98. The van der Waals surface area contributed by atoms with Crippen LogP contribution < -0.4 is 5.32 Å². The fourth-order valence-electron chi connectivity index (χ4n) is 3.62. The Kier molecular flexibility index (Phi) is 3.15. The molecular weight excluding hydrogens is 264 g/mol. The first-order valence-electron chi connectivity index (χ1n) is 7.75. The number of carbonyl (C=O) groups is 1. The van der Waals surface area contributed by atoms with Crippen LogP contribution in [-0.4, -0.2) is 46.4 Å². The SMILES string of the molecule is O=C(c1cn2ccccc2n1)N1CC[C@@H]2CNC[C@@H]2CC1. The van der Waals surface area contributed by atoms with Crippen LogP contribution >= 0.6 is 0 Å². The van der Waals surface area contributed by atoms with E-state index < -0.39 is 0 Å². The van der Waals surface area contributed by atoms with Gasteiger partial charge in [0.05, 0.1) is 0 Å². The summed E-state index contributed by atoms with van der Waals surface area (Å²) in [5.41, 5.74) is 1.39. The van der Waals surface area contributed by atoms with E-state index in [4.69, 9.17) is 0 Å². The highest BCUT2D eigenvalue weighted by atomic mass is 16.2. The lowest BCUT2D eigenvalue weighted by atomic mass is 9.92. The maximum atomic E-state index is 12.7.